The van der Waals surface area contributed by atoms with Gasteiger partial charge in [-0.05, 0) is 24.5 Å². The number of hydrogen-bond acceptors (Lipinski definition) is 2. The Morgan fingerprint density at radius 1 is 1.41 bits per heavy atom. The van der Waals surface area contributed by atoms with Gasteiger partial charge in [-0.15, -0.1) is 11.6 Å². The van der Waals surface area contributed by atoms with Crippen LogP contribution in [-0.2, 0) is 16.0 Å². The number of rotatable bonds is 6. The zero-order valence-electron chi connectivity index (χ0n) is 10.2. The predicted octanol–water partition coefficient (Wildman–Crippen LogP) is 2.42. The lowest BCUT2D eigenvalue weighted by Gasteiger charge is -2.22. The van der Waals surface area contributed by atoms with E-state index in [1.807, 2.05) is 31.2 Å². The van der Waals surface area contributed by atoms with Crippen molar-refractivity contribution in [1.82, 2.24) is 0 Å². The summed E-state index contributed by atoms with van der Waals surface area (Å²) in [7, 11) is 0. The van der Waals surface area contributed by atoms with Crippen LogP contribution in [0.3, 0.4) is 0 Å². The van der Waals surface area contributed by atoms with Crippen LogP contribution < -0.4 is 5.73 Å². The Morgan fingerprint density at radius 2 is 2.06 bits per heavy atom. The second-order valence-electron chi connectivity index (χ2n) is 3.73. The maximum Gasteiger partial charge on any atom is 0.238 e. The molecule has 0 radical (unpaired) electrons. The van der Waals surface area contributed by atoms with Gasteiger partial charge in [-0.3, -0.25) is 4.79 Å². The summed E-state index contributed by atoms with van der Waals surface area (Å²) in [6.07, 6.45) is 0.387. The predicted molar refractivity (Wildman–Crippen MR) is 69.0 cm³/mol. The first-order valence-corrected chi connectivity index (χ1v) is 6.18. The van der Waals surface area contributed by atoms with Crippen LogP contribution in [-0.4, -0.2) is 17.9 Å². The van der Waals surface area contributed by atoms with Crippen molar-refractivity contribution < 1.29 is 9.53 Å². The van der Waals surface area contributed by atoms with E-state index in [2.05, 4.69) is 6.92 Å². The molecule has 2 unspecified atom stereocenters. The fourth-order valence-electron chi connectivity index (χ4n) is 1.79. The van der Waals surface area contributed by atoms with E-state index in [4.69, 9.17) is 22.1 Å². The molecule has 1 aromatic carbocycles. The van der Waals surface area contributed by atoms with Gasteiger partial charge in [0.2, 0.25) is 5.91 Å². The van der Waals surface area contributed by atoms with Crippen LogP contribution in [0, 0.1) is 0 Å². The van der Waals surface area contributed by atoms with Crippen molar-refractivity contribution in [2.75, 3.05) is 6.61 Å². The number of nitrogens with two attached hydrogens (primary N) is 1. The van der Waals surface area contributed by atoms with Gasteiger partial charge >= 0.3 is 0 Å². The number of carbonyl (C=O) groups excluding carboxylic acids is 1. The molecule has 1 aromatic rings. The molecule has 0 saturated heterocycles. The molecule has 0 aliphatic carbocycles. The zero-order chi connectivity index (χ0) is 12.8. The summed E-state index contributed by atoms with van der Waals surface area (Å²) < 4.78 is 5.56. The summed E-state index contributed by atoms with van der Waals surface area (Å²) in [4.78, 5) is 11.2. The third-order valence-corrected chi connectivity index (χ3v) is 3.07. The van der Waals surface area contributed by atoms with E-state index in [9.17, 15) is 4.79 Å². The van der Waals surface area contributed by atoms with Crippen molar-refractivity contribution in [2.45, 2.75) is 31.7 Å². The van der Waals surface area contributed by atoms with Crippen LogP contribution in [0.4, 0.5) is 0 Å². The molecule has 17 heavy (non-hydrogen) atoms. The van der Waals surface area contributed by atoms with E-state index in [-0.39, 0.29) is 0 Å². The Balaban J connectivity index is 3.08. The smallest absolute Gasteiger partial charge is 0.238 e. The molecule has 0 fully saturated rings. The fraction of sp³-hybridized carbons (Fsp3) is 0.462. The SMILES string of the molecule is CCOC(c1ccccc1CC)C(Cl)C(N)=O. The highest BCUT2D eigenvalue weighted by atomic mass is 35.5. The van der Waals surface area contributed by atoms with Crippen molar-refractivity contribution in [3.05, 3.63) is 35.4 Å². The first kappa shape index (κ1) is 14.0. The van der Waals surface area contributed by atoms with E-state index in [1.165, 1.54) is 0 Å². The van der Waals surface area contributed by atoms with Crippen LogP contribution in [0.2, 0.25) is 0 Å². The van der Waals surface area contributed by atoms with Crippen LogP contribution in [0.5, 0.6) is 0 Å². The summed E-state index contributed by atoms with van der Waals surface area (Å²) in [6.45, 7) is 4.40. The van der Waals surface area contributed by atoms with E-state index in [0.29, 0.717) is 6.61 Å². The van der Waals surface area contributed by atoms with Gasteiger partial charge < -0.3 is 10.5 Å². The first-order valence-electron chi connectivity index (χ1n) is 5.74. The van der Waals surface area contributed by atoms with E-state index < -0.39 is 17.4 Å². The van der Waals surface area contributed by atoms with Crippen LogP contribution in [0.25, 0.3) is 0 Å². The number of primary amides is 1. The van der Waals surface area contributed by atoms with Gasteiger partial charge in [-0.25, -0.2) is 0 Å². The molecule has 0 aliphatic rings. The lowest BCUT2D eigenvalue weighted by atomic mass is 9.98. The van der Waals surface area contributed by atoms with Crippen LogP contribution in [0.1, 0.15) is 31.1 Å². The molecule has 1 rings (SSSR count). The fourth-order valence-corrected chi connectivity index (χ4v) is 2.00. The van der Waals surface area contributed by atoms with Gasteiger partial charge in [0.15, 0.2) is 0 Å². The zero-order valence-corrected chi connectivity index (χ0v) is 10.9. The maximum absolute atomic E-state index is 11.2. The third-order valence-electron chi connectivity index (χ3n) is 2.63. The van der Waals surface area contributed by atoms with Gasteiger partial charge in [0.05, 0.1) is 0 Å². The quantitative estimate of drug-likeness (QED) is 0.794. The monoisotopic (exact) mass is 255 g/mol. The molecular formula is C13H18ClNO2. The summed E-state index contributed by atoms with van der Waals surface area (Å²) in [5, 5.41) is -0.845. The maximum atomic E-state index is 11.2. The lowest BCUT2D eigenvalue weighted by Crippen LogP contribution is -2.31. The minimum atomic E-state index is -0.845. The van der Waals surface area contributed by atoms with Crippen LogP contribution >= 0.6 is 11.6 Å². The van der Waals surface area contributed by atoms with Crippen molar-refractivity contribution >= 4 is 17.5 Å². The minimum absolute atomic E-state index is 0.477. The number of benzene rings is 1. The standard InChI is InChI=1S/C13H18ClNO2/c1-3-9-7-5-6-8-10(9)12(17-4-2)11(14)13(15)16/h5-8,11-12H,3-4H2,1-2H3,(H2,15,16). The average molecular weight is 256 g/mol. The van der Waals surface area contributed by atoms with Crippen molar-refractivity contribution in [3.8, 4) is 0 Å². The number of amides is 1. The Labute approximate surface area is 107 Å². The van der Waals surface area contributed by atoms with Gasteiger partial charge in [0.25, 0.3) is 0 Å². The first-order chi connectivity index (χ1) is 8.11. The molecule has 3 nitrogen and oxygen atoms in total. The van der Waals surface area contributed by atoms with Gasteiger partial charge in [0, 0.05) is 6.61 Å². The number of aryl methyl sites for hydroxylation is 1. The van der Waals surface area contributed by atoms with E-state index in [0.717, 1.165) is 17.5 Å². The summed E-state index contributed by atoms with van der Waals surface area (Å²) in [6, 6.07) is 7.80. The highest BCUT2D eigenvalue weighted by molar-refractivity contribution is 6.31. The summed E-state index contributed by atoms with van der Waals surface area (Å²) in [5.74, 6) is -0.559. The molecule has 94 valence electrons. The number of alkyl halides is 1. The third kappa shape index (κ3) is 3.45. The van der Waals surface area contributed by atoms with Gasteiger partial charge in [-0.1, -0.05) is 31.2 Å². The highest BCUT2D eigenvalue weighted by Crippen LogP contribution is 2.28. The molecule has 1 amide bonds. The van der Waals surface area contributed by atoms with Crippen molar-refractivity contribution in [2.24, 2.45) is 5.73 Å². The molecule has 0 aromatic heterocycles. The van der Waals surface area contributed by atoms with Gasteiger partial charge in [0.1, 0.15) is 11.5 Å². The van der Waals surface area contributed by atoms with Gasteiger partial charge in [-0.2, -0.15) is 0 Å². The topological polar surface area (TPSA) is 52.3 Å². The highest BCUT2D eigenvalue weighted by Gasteiger charge is 2.27. The normalized spacial score (nSPS) is 14.3. The number of halogens is 1. The Morgan fingerprint density at radius 3 is 2.59 bits per heavy atom. The summed E-state index contributed by atoms with van der Waals surface area (Å²) >= 11 is 6.02. The lowest BCUT2D eigenvalue weighted by molar-refractivity contribution is -0.120. The van der Waals surface area contributed by atoms with E-state index in [1.54, 1.807) is 0 Å². The van der Waals surface area contributed by atoms with Crippen LogP contribution in [0.15, 0.2) is 24.3 Å². The molecule has 0 saturated carbocycles. The Bertz CT molecular complexity index is 381. The molecule has 0 spiro atoms. The molecule has 4 heteroatoms. The molecule has 2 atom stereocenters. The molecule has 2 N–H and O–H groups in total. The molecule has 0 aliphatic heterocycles. The Hall–Kier alpha value is -1.06. The van der Waals surface area contributed by atoms with E-state index >= 15 is 0 Å². The number of ether oxygens (including phenoxy) is 1. The second-order valence-corrected chi connectivity index (χ2v) is 4.20. The minimum Gasteiger partial charge on any atom is -0.372 e. The Kier molecular flexibility index (Phi) is 5.45. The molecular weight excluding hydrogens is 238 g/mol. The molecule has 0 heterocycles. The molecule has 0 bridgehead atoms. The second kappa shape index (κ2) is 6.62. The van der Waals surface area contributed by atoms with Crippen molar-refractivity contribution in [3.63, 3.8) is 0 Å². The average Bonchev–Trinajstić information content (AvgIpc) is 2.35. The number of hydrogen-bond donors (Lipinski definition) is 1. The summed E-state index contributed by atoms with van der Waals surface area (Å²) in [5.41, 5.74) is 7.31. The largest absolute Gasteiger partial charge is 0.372 e. The number of carbonyl (C=O) groups is 1. The van der Waals surface area contributed by atoms with Crippen molar-refractivity contribution in [1.29, 1.82) is 0 Å².